The molecule has 2 rings (SSSR count). The van der Waals surface area contributed by atoms with Crippen LogP contribution in [-0.4, -0.2) is 39.7 Å². The highest BCUT2D eigenvalue weighted by Gasteiger charge is 2.29. The molecule has 0 aliphatic rings. The zero-order valence-corrected chi connectivity index (χ0v) is 17.5. The number of esters is 1. The van der Waals surface area contributed by atoms with Crippen molar-refractivity contribution in [3.8, 4) is 0 Å². The third kappa shape index (κ3) is 5.02. The molecule has 150 valence electrons. The number of carbonyl (C=O) groups is 2. The molecule has 1 atom stereocenters. The molecule has 1 amide bonds. The normalized spacial score (nSPS) is 12.2. The van der Waals surface area contributed by atoms with E-state index in [-0.39, 0.29) is 16.3 Å². The van der Waals surface area contributed by atoms with Gasteiger partial charge in [0.1, 0.15) is 6.04 Å². The molecule has 0 fully saturated rings. The first kappa shape index (κ1) is 21.7. The van der Waals surface area contributed by atoms with Crippen molar-refractivity contribution in [1.29, 1.82) is 0 Å². The number of ether oxygens (including phenoxy) is 1. The third-order valence-corrected chi connectivity index (χ3v) is 5.59. The van der Waals surface area contributed by atoms with E-state index in [2.05, 4.69) is 10.1 Å². The Morgan fingerprint density at radius 1 is 1.14 bits per heavy atom. The lowest BCUT2D eigenvalue weighted by molar-refractivity contribution is -0.116. The van der Waals surface area contributed by atoms with Gasteiger partial charge < -0.3 is 10.1 Å². The topological polar surface area (TPSA) is 92.8 Å². The van der Waals surface area contributed by atoms with Gasteiger partial charge in [-0.05, 0) is 44.2 Å². The van der Waals surface area contributed by atoms with E-state index < -0.39 is 27.9 Å². The van der Waals surface area contributed by atoms with Gasteiger partial charge >= 0.3 is 5.97 Å². The lowest BCUT2D eigenvalue weighted by Crippen LogP contribution is -2.45. The summed E-state index contributed by atoms with van der Waals surface area (Å²) in [5.74, 6) is -1.19. The number of halogens is 1. The molecule has 0 spiro atoms. The Balaban J connectivity index is 2.34. The number of hydrogen-bond acceptors (Lipinski definition) is 5. The van der Waals surface area contributed by atoms with Crippen molar-refractivity contribution >= 4 is 44.9 Å². The summed E-state index contributed by atoms with van der Waals surface area (Å²) in [5, 5.41) is 2.78. The Hall–Kier alpha value is -2.58. The molecule has 0 saturated heterocycles. The fraction of sp³-hybridized carbons (Fsp3) is 0.263. The number of rotatable bonds is 6. The minimum absolute atomic E-state index is 0.179. The van der Waals surface area contributed by atoms with E-state index in [4.69, 9.17) is 11.6 Å². The third-order valence-electron chi connectivity index (χ3n) is 4.02. The summed E-state index contributed by atoms with van der Waals surface area (Å²) in [6, 6.07) is 10.00. The minimum Gasteiger partial charge on any atom is -0.465 e. The van der Waals surface area contributed by atoms with E-state index >= 15 is 0 Å². The van der Waals surface area contributed by atoms with Crippen LogP contribution in [0.1, 0.15) is 22.8 Å². The van der Waals surface area contributed by atoms with E-state index in [1.54, 1.807) is 24.3 Å². The molecule has 7 nitrogen and oxygen atoms in total. The fourth-order valence-corrected chi connectivity index (χ4v) is 3.94. The summed E-state index contributed by atoms with van der Waals surface area (Å²) in [6.07, 6.45) is 1.03. The van der Waals surface area contributed by atoms with Gasteiger partial charge in [0.25, 0.3) is 0 Å². The van der Waals surface area contributed by atoms with Crippen molar-refractivity contribution in [3.63, 3.8) is 0 Å². The highest BCUT2D eigenvalue weighted by molar-refractivity contribution is 7.92. The van der Waals surface area contributed by atoms with E-state index in [1.807, 2.05) is 6.92 Å². The molecule has 28 heavy (non-hydrogen) atoms. The Bertz CT molecular complexity index is 990. The Kier molecular flexibility index (Phi) is 6.69. The molecule has 0 aliphatic heterocycles. The number of hydrogen-bond donors (Lipinski definition) is 1. The molecular weight excluding hydrogens is 404 g/mol. The standard InChI is InChI=1S/C19H21ClN2O5S/c1-12-5-8-15(9-6-12)22(28(4,25)26)13(2)18(23)21-17-11-14(19(24)27-3)7-10-16(17)20/h5-11,13H,1-4H3,(H,21,23). The maximum atomic E-state index is 12.8. The van der Waals surface area contributed by atoms with Gasteiger partial charge in [0.15, 0.2) is 0 Å². The number of amides is 1. The summed E-state index contributed by atoms with van der Waals surface area (Å²) in [6.45, 7) is 3.34. The largest absolute Gasteiger partial charge is 0.465 e. The van der Waals surface area contributed by atoms with Gasteiger partial charge in [0.2, 0.25) is 15.9 Å². The van der Waals surface area contributed by atoms with Gasteiger partial charge in [-0.2, -0.15) is 0 Å². The van der Waals surface area contributed by atoms with E-state index in [0.29, 0.717) is 5.69 Å². The van der Waals surface area contributed by atoms with Crippen molar-refractivity contribution in [3.05, 3.63) is 58.6 Å². The molecule has 2 aromatic rings. The number of aryl methyl sites for hydroxylation is 1. The summed E-state index contributed by atoms with van der Waals surface area (Å²) in [5.41, 5.74) is 1.71. The van der Waals surface area contributed by atoms with Crippen molar-refractivity contribution in [1.82, 2.24) is 0 Å². The second kappa shape index (κ2) is 8.62. The first-order valence-corrected chi connectivity index (χ1v) is 10.5. The van der Waals surface area contributed by atoms with Gasteiger partial charge in [0, 0.05) is 0 Å². The van der Waals surface area contributed by atoms with Crippen molar-refractivity contribution < 1.29 is 22.7 Å². The lowest BCUT2D eigenvalue weighted by atomic mass is 10.2. The Morgan fingerprint density at radius 3 is 2.29 bits per heavy atom. The summed E-state index contributed by atoms with van der Waals surface area (Å²) in [4.78, 5) is 24.4. The Morgan fingerprint density at radius 2 is 1.75 bits per heavy atom. The number of nitrogens with one attached hydrogen (secondary N) is 1. The van der Waals surface area contributed by atoms with Gasteiger partial charge in [-0.1, -0.05) is 29.3 Å². The highest BCUT2D eigenvalue weighted by Crippen LogP contribution is 2.26. The van der Waals surface area contributed by atoms with Gasteiger partial charge in [0.05, 0.1) is 35.3 Å². The zero-order chi connectivity index (χ0) is 21.1. The second-order valence-corrected chi connectivity index (χ2v) is 8.51. The molecule has 0 saturated carbocycles. The average Bonchev–Trinajstić information content (AvgIpc) is 2.63. The maximum Gasteiger partial charge on any atom is 0.337 e. The van der Waals surface area contributed by atoms with Crippen LogP contribution in [0.15, 0.2) is 42.5 Å². The molecule has 0 aromatic heterocycles. The SMILES string of the molecule is COC(=O)c1ccc(Cl)c(NC(=O)C(C)N(c2ccc(C)cc2)S(C)(=O)=O)c1. The smallest absolute Gasteiger partial charge is 0.337 e. The van der Waals surface area contributed by atoms with Crippen LogP contribution in [0, 0.1) is 6.92 Å². The van der Waals surface area contributed by atoms with Crippen LogP contribution in [0.25, 0.3) is 0 Å². The molecule has 0 radical (unpaired) electrons. The fourth-order valence-electron chi connectivity index (χ4n) is 2.60. The van der Waals surface area contributed by atoms with E-state index in [9.17, 15) is 18.0 Å². The molecule has 0 bridgehead atoms. The maximum absolute atomic E-state index is 12.8. The summed E-state index contributed by atoms with van der Waals surface area (Å²) < 4.78 is 30.3. The van der Waals surface area contributed by atoms with Crippen LogP contribution in [0.2, 0.25) is 5.02 Å². The first-order chi connectivity index (χ1) is 13.0. The predicted octanol–water partition coefficient (Wildman–Crippen LogP) is 3.23. The quantitative estimate of drug-likeness (QED) is 0.718. The molecule has 1 N–H and O–H groups in total. The molecule has 2 aromatic carbocycles. The van der Waals surface area contributed by atoms with Gasteiger partial charge in [-0.25, -0.2) is 13.2 Å². The van der Waals surface area contributed by atoms with Crippen molar-refractivity contribution in [2.75, 3.05) is 23.0 Å². The number of benzene rings is 2. The van der Waals surface area contributed by atoms with Crippen LogP contribution in [0.5, 0.6) is 0 Å². The van der Waals surface area contributed by atoms with Gasteiger partial charge in [-0.15, -0.1) is 0 Å². The average molecular weight is 425 g/mol. The molecule has 0 heterocycles. The zero-order valence-electron chi connectivity index (χ0n) is 15.9. The number of anilines is 2. The number of carbonyl (C=O) groups excluding carboxylic acids is 2. The van der Waals surface area contributed by atoms with Crippen molar-refractivity contribution in [2.24, 2.45) is 0 Å². The predicted molar refractivity (Wildman–Crippen MR) is 109 cm³/mol. The van der Waals surface area contributed by atoms with E-state index in [1.165, 1.54) is 32.2 Å². The minimum atomic E-state index is -3.74. The van der Waals surface area contributed by atoms with Gasteiger partial charge in [-0.3, -0.25) is 9.10 Å². The molecule has 9 heteroatoms. The van der Waals surface area contributed by atoms with Crippen molar-refractivity contribution in [2.45, 2.75) is 19.9 Å². The number of sulfonamides is 1. The molecule has 0 aliphatic carbocycles. The number of nitrogens with zero attached hydrogens (tertiary/aromatic N) is 1. The van der Waals surface area contributed by atoms with Crippen LogP contribution in [0.4, 0.5) is 11.4 Å². The van der Waals surface area contributed by atoms with Crippen LogP contribution >= 0.6 is 11.6 Å². The van der Waals surface area contributed by atoms with E-state index in [0.717, 1.165) is 16.1 Å². The summed E-state index contributed by atoms with van der Waals surface area (Å²) in [7, 11) is -2.50. The second-order valence-electron chi connectivity index (χ2n) is 6.25. The monoisotopic (exact) mass is 424 g/mol. The first-order valence-electron chi connectivity index (χ1n) is 8.29. The Labute approximate surface area is 169 Å². The van der Waals surface area contributed by atoms with Crippen LogP contribution < -0.4 is 9.62 Å². The van der Waals surface area contributed by atoms with Crippen LogP contribution in [-0.2, 0) is 19.6 Å². The lowest BCUT2D eigenvalue weighted by Gasteiger charge is -2.28. The number of methoxy groups -OCH3 is 1. The highest BCUT2D eigenvalue weighted by atomic mass is 35.5. The molecular formula is C19H21ClN2O5S. The molecule has 1 unspecified atom stereocenters. The van der Waals surface area contributed by atoms with Crippen LogP contribution in [0.3, 0.4) is 0 Å². The summed E-state index contributed by atoms with van der Waals surface area (Å²) >= 11 is 6.10.